The van der Waals surface area contributed by atoms with Crippen molar-refractivity contribution in [2.24, 2.45) is 5.10 Å². The lowest BCUT2D eigenvalue weighted by Crippen LogP contribution is -2.24. The van der Waals surface area contributed by atoms with Crippen molar-refractivity contribution >= 4 is 33.9 Å². The number of amides is 1. The van der Waals surface area contributed by atoms with Crippen molar-refractivity contribution in [1.29, 1.82) is 0 Å². The van der Waals surface area contributed by atoms with Crippen LogP contribution >= 0.6 is 0 Å². The molecule has 5 rings (SSSR count). The van der Waals surface area contributed by atoms with Gasteiger partial charge in [-0.15, -0.1) is 0 Å². The van der Waals surface area contributed by atoms with Crippen LogP contribution in [-0.4, -0.2) is 31.3 Å². The highest BCUT2D eigenvalue weighted by Gasteiger charge is 2.17. The van der Waals surface area contributed by atoms with Crippen molar-refractivity contribution in [2.45, 2.75) is 33.7 Å². The molecule has 0 unspecified atom stereocenters. The number of benzene rings is 3. The van der Waals surface area contributed by atoms with E-state index in [4.69, 9.17) is 0 Å². The predicted octanol–water partition coefficient (Wildman–Crippen LogP) is 4.38. The Hall–Kier alpha value is -4.72. The number of nitrogens with one attached hydrogen (secondary N) is 1. The molecule has 0 bridgehead atoms. The zero-order valence-electron chi connectivity index (χ0n) is 20.9. The average molecular weight is 494 g/mol. The van der Waals surface area contributed by atoms with Crippen LogP contribution in [0, 0.1) is 13.8 Å². The fourth-order valence-electron chi connectivity index (χ4n) is 4.51. The van der Waals surface area contributed by atoms with Gasteiger partial charge in [0.15, 0.2) is 0 Å². The number of para-hydroxylation sites is 2. The number of pyridine rings is 1. The van der Waals surface area contributed by atoms with Crippen LogP contribution in [0.15, 0.2) is 76.6 Å². The summed E-state index contributed by atoms with van der Waals surface area (Å²) in [5.74, 6) is 0.226. The summed E-state index contributed by atoms with van der Waals surface area (Å²) in [4.78, 5) is 30.7. The van der Waals surface area contributed by atoms with E-state index < -0.39 is 0 Å². The lowest BCUT2D eigenvalue weighted by molar-refractivity contribution is -0.121. The minimum Gasteiger partial charge on any atom is -0.494 e. The highest BCUT2D eigenvalue weighted by atomic mass is 16.3. The highest BCUT2D eigenvalue weighted by molar-refractivity contribution is 6.02. The highest BCUT2D eigenvalue weighted by Crippen LogP contribution is 2.26. The number of aromatic nitrogens is 3. The van der Waals surface area contributed by atoms with Crippen LogP contribution < -0.4 is 11.0 Å². The molecular weight excluding hydrogens is 466 g/mol. The molecule has 5 aromatic rings. The predicted molar refractivity (Wildman–Crippen MR) is 146 cm³/mol. The second-order valence-corrected chi connectivity index (χ2v) is 8.94. The maximum Gasteiger partial charge on any atom is 0.265 e. The van der Waals surface area contributed by atoms with Gasteiger partial charge in [0.1, 0.15) is 12.4 Å². The molecule has 2 aromatic heterocycles. The maximum atomic E-state index is 13.3. The molecule has 3 aromatic carbocycles. The SMILES string of the molecule is CCc1nc2ccccc2n1CC(=O)NN=Cc1c(O)n(-c2ccc(C)c(C)c2)c(=O)c2ccccc12. The van der Waals surface area contributed by atoms with Gasteiger partial charge in [-0.3, -0.25) is 9.59 Å². The Labute approximate surface area is 213 Å². The van der Waals surface area contributed by atoms with E-state index in [0.29, 0.717) is 28.4 Å². The van der Waals surface area contributed by atoms with Gasteiger partial charge in [0.05, 0.1) is 28.5 Å². The van der Waals surface area contributed by atoms with E-state index in [0.717, 1.165) is 28.0 Å². The van der Waals surface area contributed by atoms with Crippen LogP contribution in [0.3, 0.4) is 0 Å². The molecule has 0 aliphatic rings. The first kappa shape index (κ1) is 24.0. The second kappa shape index (κ2) is 9.73. The minimum atomic E-state index is -0.336. The number of rotatable bonds is 6. The van der Waals surface area contributed by atoms with Gasteiger partial charge in [-0.1, -0.05) is 43.3 Å². The molecule has 0 aliphatic heterocycles. The Bertz CT molecular complexity index is 1750. The van der Waals surface area contributed by atoms with Crippen molar-refractivity contribution < 1.29 is 9.90 Å². The summed E-state index contributed by atoms with van der Waals surface area (Å²) in [5.41, 5.74) is 6.89. The van der Waals surface area contributed by atoms with Gasteiger partial charge in [-0.2, -0.15) is 5.10 Å². The molecule has 8 heteroatoms. The molecule has 0 spiro atoms. The van der Waals surface area contributed by atoms with Crippen LogP contribution in [0.4, 0.5) is 0 Å². The summed E-state index contributed by atoms with van der Waals surface area (Å²) in [6, 6.07) is 20.2. The molecule has 8 nitrogen and oxygen atoms in total. The number of imidazole rings is 1. The number of fused-ring (bicyclic) bond motifs is 2. The second-order valence-electron chi connectivity index (χ2n) is 8.94. The van der Waals surface area contributed by atoms with Gasteiger partial charge in [0.2, 0.25) is 5.88 Å². The first-order valence-corrected chi connectivity index (χ1v) is 12.1. The van der Waals surface area contributed by atoms with Crippen LogP contribution in [0.1, 0.15) is 29.4 Å². The average Bonchev–Trinajstić information content (AvgIpc) is 3.25. The van der Waals surface area contributed by atoms with Gasteiger partial charge in [-0.25, -0.2) is 15.0 Å². The molecule has 1 amide bonds. The largest absolute Gasteiger partial charge is 0.494 e. The minimum absolute atomic E-state index is 0.0515. The summed E-state index contributed by atoms with van der Waals surface area (Å²) >= 11 is 0. The Kier molecular flexibility index (Phi) is 6.31. The smallest absolute Gasteiger partial charge is 0.265 e. The lowest BCUT2D eigenvalue weighted by Gasteiger charge is -2.14. The molecule has 0 saturated carbocycles. The Balaban J connectivity index is 1.49. The maximum absolute atomic E-state index is 13.3. The number of aryl methyl sites for hydroxylation is 3. The Morgan fingerprint density at radius 3 is 2.51 bits per heavy atom. The first-order chi connectivity index (χ1) is 17.9. The normalized spacial score (nSPS) is 11.5. The van der Waals surface area contributed by atoms with Gasteiger partial charge in [-0.05, 0) is 55.3 Å². The molecule has 0 saturated heterocycles. The lowest BCUT2D eigenvalue weighted by atomic mass is 10.1. The number of carbonyl (C=O) groups excluding carboxylic acids is 1. The van der Waals surface area contributed by atoms with E-state index in [2.05, 4.69) is 15.5 Å². The van der Waals surface area contributed by atoms with Gasteiger partial charge in [0.25, 0.3) is 11.5 Å². The molecule has 0 fully saturated rings. The fraction of sp³-hybridized carbons (Fsp3) is 0.172. The van der Waals surface area contributed by atoms with Crippen molar-refractivity contribution in [1.82, 2.24) is 19.5 Å². The molecule has 2 N–H and O–H groups in total. The Morgan fingerprint density at radius 2 is 1.76 bits per heavy atom. The van der Waals surface area contributed by atoms with Crippen molar-refractivity contribution in [3.05, 3.63) is 99.6 Å². The monoisotopic (exact) mass is 493 g/mol. The molecule has 186 valence electrons. The van der Waals surface area contributed by atoms with Crippen LogP contribution in [0.2, 0.25) is 0 Å². The molecule has 0 aliphatic carbocycles. The van der Waals surface area contributed by atoms with Crippen LogP contribution in [0.5, 0.6) is 5.88 Å². The standard InChI is InChI=1S/C29H27N5O3/c1-4-26-31-24-11-7-8-12-25(24)33(26)17-27(35)32-30-16-23-21-9-5-6-10-22(21)28(36)34(29(23)37)20-14-13-18(2)19(3)15-20/h5-16,37H,4,17H2,1-3H3,(H,32,35). The van der Waals surface area contributed by atoms with E-state index in [1.807, 2.05) is 61.7 Å². The number of hydrazone groups is 1. The summed E-state index contributed by atoms with van der Waals surface area (Å²) < 4.78 is 3.13. The van der Waals surface area contributed by atoms with Crippen molar-refractivity contribution in [3.8, 4) is 11.6 Å². The summed E-state index contributed by atoms with van der Waals surface area (Å²) in [5, 5.41) is 16.3. The molecule has 0 radical (unpaired) electrons. The van der Waals surface area contributed by atoms with Crippen molar-refractivity contribution in [3.63, 3.8) is 0 Å². The number of hydrogen-bond donors (Lipinski definition) is 2. The molecule has 2 heterocycles. The van der Waals surface area contributed by atoms with Crippen LogP contribution in [-0.2, 0) is 17.8 Å². The third-order valence-electron chi connectivity index (χ3n) is 6.59. The van der Waals surface area contributed by atoms with E-state index in [-0.39, 0.29) is 23.9 Å². The summed E-state index contributed by atoms with van der Waals surface area (Å²) in [6.07, 6.45) is 2.06. The number of aromatic hydroxyl groups is 1. The zero-order chi connectivity index (χ0) is 26.1. The quantitative estimate of drug-likeness (QED) is 0.271. The third-order valence-corrected chi connectivity index (χ3v) is 6.59. The topological polar surface area (TPSA) is 102 Å². The first-order valence-electron chi connectivity index (χ1n) is 12.1. The van der Waals surface area contributed by atoms with E-state index in [1.54, 1.807) is 30.3 Å². The summed E-state index contributed by atoms with van der Waals surface area (Å²) in [6.45, 7) is 5.98. The van der Waals surface area contributed by atoms with Crippen molar-refractivity contribution in [2.75, 3.05) is 0 Å². The van der Waals surface area contributed by atoms with E-state index in [9.17, 15) is 14.7 Å². The number of nitrogens with zero attached hydrogens (tertiary/aromatic N) is 4. The molecular formula is C29H27N5O3. The van der Waals surface area contributed by atoms with Crippen LogP contribution in [0.25, 0.3) is 27.5 Å². The Morgan fingerprint density at radius 1 is 1.03 bits per heavy atom. The van der Waals surface area contributed by atoms with Gasteiger partial charge >= 0.3 is 0 Å². The van der Waals surface area contributed by atoms with E-state index in [1.165, 1.54) is 10.8 Å². The zero-order valence-corrected chi connectivity index (χ0v) is 20.9. The third kappa shape index (κ3) is 4.38. The van der Waals surface area contributed by atoms with Gasteiger partial charge in [0, 0.05) is 17.2 Å². The molecule has 37 heavy (non-hydrogen) atoms. The fourth-order valence-corrected chi connectivity index (χ4v) is 4.51. The van der Waals surface area contributed by atoms with E-state index >= 15 is 0 Å². The van der Waals surface area contributed by atoms with Gasteiger partial charge < -0.3 is 9.67 Å². The number of carbonyl (C=O) groups is 1. The summed E-state index contributed by atoms with van der Waals surface area (Å²) in [7, 11) is 0. The number of hydrogen-bond acceptors (Lipinski definition) is 5. The molecule has 0 atom stereocenters.